The van der Waals surface area contributed by atoms with Crippen molar-refractivity contribution in [1.29, 1.82) is 0 Å². The molecule has 0 fully saturated rings. The first-order chi connectivity index (χ1) is 6.84. The molecule has 0 aromatic heterocycles. The van der Waals surface area contributed by atoms with Gasteiger partial charge >= 0.3 is 0 Å². The second-order valence-corrected chi connectivity index (χ2v) is 5.14. The summed E-state index contributed by atoms with van der Waals surface area (Å²) in [5.74, 6) is 1.55. The molecule has 0 spiro atoms. The zero-order valence-electron chi connectivity index (χ0n) is 10.7. The van der Waals surface area contributed by atoms with Gasteiger partial charge in [0.15, 0.2) is 0 Å². The first-order valence-corrected chi connectivity index (χ1v) is 5.86. The summed E-state index contributed by atoms with van der Waals surface area (Å²) < 4.78 is 0. The van der Waals surface area contributed by atoms with Gasteiger partial charge in [-0.25, -0.2) is 0 Å². The lowest BCUT2D eigenvalue weighted by atomic mass is 9.98. The molecule has 0 aromatic carbocycles. The monoisotopic (exact) mass is 214 g/mol. The number of hydrogen-bond acceptors (Lipinski definition) is 2. The molecule has 0 saturated heterocycles. The van der Waals surface area contributed by atoms with E-state index in [0.717, 1.165) is 6.54 Å². The minimum Gasteiger partial charge on any atom is -0.356 e. The van der Waals surface area contributed by atoms with Gasteiger partial charge in [-0.2, -0.15) is 0 Å². The summed E-state index contributed by atoms with van der Waals surface area (Å²) in [6.07, 6.45) is 0.433. The Hall–Kier alpha value is -0.570. The number of carbonyl (C=O) groups excluding carboxylic acids is 1. The smallest absolute Gasteiger partial charge is 0.221 e. The number of nitrogens with one attached hydrogen (secondary N) is 1. The Balaban J connectivity index is 3.76. The summed E-state index contributed by atoms with van der Waals surface area (Å²) in [6.45, 7) is 11.3. The van der Waals surface area contributed by atoms with E-state index >= 15 is 0 Å². The minimum absolute atomic E-state index is 0.0284. The van der Waals surface area contributed by atoms with E-state index < -0.39 is 0 Å². The third kappa shape index (κ3) is 6.50. The fraction of sp³-hybridized carbons (Fsp3) is 0.917. The molecule has 0 heterocycles. The molecule has 1 amide bonds. The van der Waals surface area contributed by atoms with Crippen molar-refractivity contribution in [1.82, 2.24) is 5.32 Å². The van der Waals surface area contributed by atoms with Gasteiger partial charge in [-0.3, -0.25) is 4.79 Å². The summed E-state index contributed by atoms with van der Waals surface area (Å²) in [4.78, 5) is 11.5. The largest absolute Gasteiger partial charge is 0.356 e. The lowest BCUT2D eigenvalue weighted by Crippen LogP contribution is -2.37. The number of amides is 1. The summed E-state index contributed by atoms with van der Waals surface area (Å²) in [6, 6.07) is -0.0284. The van der Waals surface area contributed by atoms with Crippen LogP contribution in [0.1, 0.15) is 41.0 Å². The van der Waals surface area contributed by atoms with Crippen LogP contribution in [0.2, 0.25) is 0 Å². The van der Waals surface area contributed by atoms with Crippen LogP contribution >= 0.6 is 0 Å². The molecule has 0 aliphatic heterocycles. The second kappa shape index (κ2) is 6.83. The molecule has 0 bridgehead atoms. The summed E-state index contributed by atoms with van der Waals surface area (Å²) in [5, 5.41) is 2.93. The van der Waals surface area contributed by atoms with E-state index in [1.54, 1.807) is 0 Å². The van der Waals surface area contributed by atoms with Crippen molar-refractivity contribution in [2.24, 2.45) is 23.5 Å². The molecule has 2 unspecified atom stereocenters. The summed E-state index contributed by atoms with van der Waals surface area (Å²) >= 11 is 0. The molecule has 0 rings (SSSR count). The van der Waals surface area contributed by atoms with Gasteiger partial charge in [0.2, 0.25) is 5.91 Å². The molecule has 2 atom stereocenters. The van der Waals surface area contributed by atoms with Gasteiger partial charge in [-0.05, 0) is 17.8 Å². The van der Waals surface area contributed by atoms with E-state index in [0.29, 0.717) is 24.2 Å². The van der Waals surface area contributed by atoms with E-state index in [2.05, 4.69) is 26.1 Å². The van der Waals surface area contributed by atoms with Crippen LogP contribution < -0.4 is 11.1 Å². The van der Waals surface area contributed by atoms with Crippen molar-refractivity contribution in [2.45, 2.75) is 47.1 Å². The predicted octanol–water partition coefficient (Wildman–Crippen LogP) is 1.77. The van der Waals surface area contributed by atoms with E-state index in [-0.39, 0.29) is 11.9 Å². The zero-order chi connectivity index (χ0) is 12.0. The van der Waals surface area contributed by atoms with Gasteiger partial charge in [-0.1, -0.05) is 34.6 Å². The number of nitrogens with two attached hydrogens (primary N) is 1. The summed E-state index contributed by atoms with van der Waals surface area (Å²) in [7, 11) is 0. The van der Waals surface area contributed by atoms with Crippen molar-refractivity contribution in [3.63, 3.8) is 0 Å². The van der Waals surface area contributed by atoms with Crippen LogP contribution in [0.25, 0.3) is 0 Å². The second-order valence-electron chi connectivity index (χ2n) is 5.14. The quantitative estimate of drug-likeness (QED) is 0.708. The van der Waals surface area contributed by atoms with Crippen LogP contribution in [0.3, 0.4) is 0 Å². The first-order valence-electron chi connectivity index (χ1n) is 5.86. The van der Waals surface area contributed by atoms with Crippen LogP contribution in [0.15, 0.2) is 0 Å². The maximum atomic E-state index is 11.5. The SMILES string of the molecule is CC(C)C(C)CNC(=O)CC(N)C(C)C. The number of carbonyl (C=O) groups is 1. The standard InChI is InChI=1S/C12H26N2O/c1-8(2)10(5)7-14-12(15)6-11(13)9(3)4/h8-11H,6-7,13H2,1-5H3,(H,14,15). The zero-order valence-corrected chi connectivity index (χ0v) is 10.7. The molecule has 15 heavy (non-hydrogen) atoms. The molecule has 0 aliphatic carbocycles. The third-order valence-electron chi connectivity index (χ3n) is 3.04. The Morgan fingerprint density at radius 1 is 1.13 bits per heavy atom. The Morgan fingerprint density at radius 2 is 1.67 bits per heavy atom. The van der Waals surface area contributed by atoms with Crippen molar-refractivity contribution in [2.75, 3.05) is 6.54 Å². The normalized spacial score (nSPS) is 15.5. The van der Waals surface area contributed by atoms with Gasteiger partial charge in [0.05, 0.1) is 0 Å². The molecular formula is C12H26N2O. The lowest BCUT2D eigenvalue weighted by molar-refractivity contribution is -0.121. The van der Waals surface area contributed by atoms with Crippen LogP contribution in [-0.2, 0) is 4.79 Å². The highest BCUT2D eigenvalue weighted by atomic mass is 16.1. The molecule has 0 aromatic rings. The van der Waals surface area contributed by atoms with E-state index in [1.165, 1.54) is 0 Å². The lowest BCUT2D eigenvalue weighted by Gasteiger charge is -2.18. The fourth-order valence-electron chi connectivity index (χ4n) is 1.03. The van der Waals surface area contributed by atoms with E-state index in [9.17, 15) is 4.79 Å². The average Bonchev–Trinajstić information content (AvgIpc) is 2.13. The number of rotatable bonds is 6. The third-order valence-corrected chi connectivity index (χ3v) is 3.04. The summed E-state index contributed by atoms with van der Waals surface area (Å²) in [5.41, 5.74) is 5.82. The minimum atomic E-state index is -0.0284. The Morgan fingerprint density at radius 3 is 2.07 bits per heavy atom. The maximum Gasteiger partial charge on any atom is 0.221 e. The molecule has 3 N–H and O–H groups in total. The fourth-order valence-corrected chi connectivity index (χ4v) is 1.03. The van der Waals surface area contributed by atoms with Gasteiger partial charge in [0.25, 0.3) is 0 Å². The van der Waals surface area contributed by atoms with Gasteiger partial charge in [-0.15, -0.1) is 0 Å². The molecule has 0 saturated carbocycles. The van der Waals surface area contributed by atoms with Crippen LogP contribution in [-0.4, -0.2) is 18.5 Å². The molecule has 0 aliphatic rings. The molecule has 3 nitrogen and oxygen atoms in total. The molecule has 3 heteroatoms. The van der Waals surface area contributed by atoms with Gasteiger partial charge in [0, 0.05) is 19.0 Å². The predicted molar refractivity (Wildman–Crippen MR) is 64.4 cm³/mol. The highest BCUT2D eigenvalue weighted by Crippen LogP contribution is 2.08. The van der Waals surface area contributed by atoms with Crippen LogP contribution in [0.4, 0.5) is 0 Å². The van der Waals surface area contributed by atoms with Gasteiger partial charge < -0.3 is 11.1 Å². The Kier molecular flexibility index (Phi) is 6.57. The van der Waals surface area contributed by atoms with E-state index in [4.69, 9.17) is 5.73 Å². The molecule has 0 radical (unpaired) electrons. The van der Waals surface area contributed by atoms with Crippen molar-refractivity contribution in [3.05, 3.63) is 0 Å². The molecule has 90 valence electrons. The average molecular weight is 214 g/mol. The highest BCUT2D eigenvalue weighted by Gasteiger charge is 2.14. The Labute approximate surface area is 93.8 Å². The van der Waals surface area contributed by atoms with Crippen molar-refractivity contribution in [3.8, 4) is 0 Å². The topological polar surface area (TPSA) is 55.1 Å². The van der Waals surface area contributed by atoms with Crippen molar-refractivity contribution >= 4 is 5.91 Å². The highest BCUT2D eigenvalue weighted by molar-refractivity contribution is 5.76. The first kappa shape index (κ1) is 14.4. The molecular weight excluding hydrogens is 188 g/mol. The Bertz CT molecular complexity index is 190. The van der Waals surface area contributed by atoms with Crippen LogP contribution in [0.5, 0.6) is 0 Å². The van der Waals surface area contributed by atoms with Crippen LogP contribution in [0, 0.1) is 17.8 Å². The number of hydrogen-bond donors (Lipinski definition) is 2. The van der Waals surface area contributed by atoms with Gasteiger partial charge in [0.1, 0.15) is 0 Å². The van der Waals surface area contributed by atoms with E-state index in [1.807, 2.05) is 13.8 Å². The maximum absolute atomic E-state index is 11.5. The van der Waals surface area contributed by atoms with Crippen molar-refractivity contribution < 1.29 is 4.79 Å².